The fraction of sp³-hybridized carbons (Fsp3) is 0.636. The second-order valence-corrected chi connectivity index (χ2v) is 15.6. The van der Waals surface area contributed by atoms with E-state index in [0.29, 0.717) is 18.0 Å². The van der Waals surface area contributed by atoms with Gasteiger partial charge < -0.3 is 15.0 Å². The lowest BCUT2D eigenvalue weighted by Crippen LogP contribution is -2.37. The Bertz CT molecular complexity index is 1270. The Morgan fingerprint density at radius 1 is 1.00 bits per heavy atom. The zero-order chi connectivity index (χ0) is 30.8. The van der Waals surface area contributed by atoms with Crippen LogP contribution in [0.1, 0.15) is 116 Å². The van der Waals surface area contributed by atoms with Crippen LogP contribution < -0.4 is 10.0 Å². The maximum Gasteiger partial charge on any atom is 0.309 e. The molecular weight excluding hydrogens is 534 g/mol. The summed E-state index contributed by atoms with van der Waals surface area (Å²) in [6, 6.07) is 8.12. The number of aliphatic carboxylic acids is 1. The molecule has 0 aliphatic heterocycles. The highest BCUT2D eigenvalue weighted by molar-refractivity contribution is 7.83. The van der Waals surface area contributed by atoms with Crippen LogP contribution in [0, 0.1) is 11.3 Å². The first-order valence-corrected chi connectivity index (χ1v) is 16.1. The van der Waals surface area contributed by atoms with Gasteiger partial charge in [0.05, 0.1) is 10.3 Å². The zero-order valence-corrected chi connectivity index (χ0v) is 27.4. The summed E-state index contributed by atoms with van der Waals surface area (Å²) >= 11 is 0. The molecule has 0 radical (unpaired) electrons. The first-order valence-electron chi connectivity index (χ1n) is 15.0. The lowest BCUT2D eigenvalue weighted by Gasteiger charge is -2.26. The number of aromatic nitrogens is 1. The Labute approximate surface area is 249 Å². The molecule has 41 heavy (non-hydrogen) atoms. The summed E-state index contributed by atoms with van der Waals surface area (Å²) in [5, 5.41) is 12.4. The van der Waals surface area contributed by atoms with Crippen molar-refractivity contribution in [2.24, 2.45) is 18.4 Å². The van der Waals surface area contributed by atoms with Gasteiger partial charge in [-0.2, -0.15) is 0 Å². The molecule has 1 fully saturated rings. The number of benzene rings is 1. The SMILES string of the molecule is Cn1c(C(=O)NCCC(C)(C)C(=O)O)cc(-c2ccc(S(=O)NC(C)(C)C)c(C(C)(C)C)c2)c1CC1CCCCC1. The number of rotatable bonds is 10. The molecule has 1 unspecified atom stereocenters. The molecule has 1 aromatic carbocycles. The summed E-state index contributed by atoms with van der Waals surface area (Å²) in [6.07, 6.45) is 7.40. The Morgan fingerprint density at radius 2 is 1.63 bits per heavy atom. The monoisotopic (exact) mass is 585 g/mol. The van der Waals surface area contributed by atoms with Gasteiger partial charge in [-0.05, 0) is 88.1 Å². The first kappa shape index (κ1) is 33.1. The van der Waals surface area contributed by atoms with Gasteiger partial charge in [-0.1, -0.05) is 58.9 Å². The molecule has 2 aromatic rings. The molecule has 1 heterocycles. The standard InChI is InChI=1S/C33H51N3O4S/c1-31(2,3)25-20-23(15-16-28(25)41(40)35-32(4,5)6)24-21-27(29(37)34-18-17-33(7,8)30(38)39)36(9)26(24)19-22-13-11-10-12-14-22/h15-16,20-22,35H,10-14,17-19H2,1-9H3,(H,34,37)(H,38,39). The van der Waals surface area contributed by atoms with E-state index in [-0.39, 0.29) is 23.4 Å². The molecule has 1 aromatic heterocycles. The van der Waals surface area contributed by atoms with Crippen LogP contribution in [0.15, 0.2) is 29.2 Å². The van der Waals surface area contributed by atoms with E-state index in [0.717, 1.165) is 33.7 Å². The van der Waals surface area contributed by atoms with Gasteiger partial charge in [0.2, 0.25) is 0 Å². The van der Waals surface area contributed by atoms with E-state index in [1.807, 2.05) is 50.6 Å². The third kappa shape index (κ3) is 8.54. The van der Waals surface area contributed by atoms with Gasteiger partial charge in [-0.3, -0.25) is 9.59 Å². The van der Waals surface area contributed by atoms with Crippen LogP contribution in [-0.4, -0.2) is 37.8 Å². The summed E-state index contributed by atoms with van der Waals surface area (Å²) in [5.41, 5.74) is 3.31. The van der Waals surface area contributed by atoms with Crippen LogP contribution in [0.25, 0.3) is 11.1 Å². The van der Waals surface area contributed by atoms with Gasteiger partial charge in [-0.15, -0.1) is 0 Å². The van der Waals surface area contributed by atoms with Crippen LogP contribution in [-0.2, 0) is 34.7 Å². The molecular formula is C33H51N3O4S. The fourth-order valence-corrected chi connectivity index (χ4v) is 6.91. The minimum Gasteiger partial charge on any atom is -0.481 e. The van der Waals surface area contributed by atoms with Crippen molar-refractivity contribution in [3.8, 4) is 11.1 Å². The number of nitrogens with zero attached hydrogens (tertiary/aromatic N) is 1. The predicted molar refractivity (Wildman–Crippen MR) is 167 cm³/mol. The Morgan fingerprint density at radius 3 is 2.20 bits per heavy atom. The molecule has 3 rings (SSSR count). The predicted octanol–water partition coefficient (Wildman–Crippen LogP) is 6.75. The largest absolute Gasteiger partial charge is 0.481 e. The maximum absolute atomic E-state index is 13.4. The number of carbonyl (C=O) groups excluding carboxylic acids is 1. The molecule has 0 spiro atoms. The third-order valence-corrected chi connectivity index (χ3v) is 9.66. The molecule has 8 heteroatoms. The highest BCUT2D eigenvalue weighted by Gasteiger charge is 2.29. The maximum atomic E-state index is 13.4. The second kappa shape index (κ2) is 12.8. The minimum atomic E-state index is -1.37. The Hall–Kier alpha value is -2.45. The second-order valence-electron chi connectivity index (χ2n) is 14.4. The number of amides is 1. The number of carboxylic acid groups (broad SMARTS) is 1. The Balaban J connectivity index is 2.04. The molecule has 7 nitrogen and oxygen atoms in total. The van der Waals surface area contributed by atoms with E-state index in [2.05, 4.69) is 36.9 Å². The van der Waals surface area contributed by atoms with Crippen molar-refractivity contribution in [2.75, 3.05) is 6.54 Å². The summed E-state index contributed by atoms with van der Waals surface area (Å²) in [6.45, 7) is 16.0. The molecule has 1 saturated carbocycles. The van der Waals surface area contributed by atoms with E-state index in [9.17, 15) is 18.9 Å². The van der Waals surface area contributed by atoms with Gasteiger partial charge in [0.1, 0.15) is 16.7 Å². The fourth-order valence-electron chi connectivity index (χ4n) is 5.49. The van der Waals surface area contributed by atoms with Gasteiger partial charge in [0, 0.05) is 30.4 Å². The lowest BCUT2D eigenvalue weighted by atomic mass is 9.83. The van der Waals surface area contributed by atoms with E-state index >= 15 is 0 Å². The van der Waals surface area contributed by atoms with Crippen LogP contribution in [0.2, 0.25) is 0 Å². The van der Waals surface area contributed by atoms with Crippen molar-refractivity contribution in [1.29, 1.82) is 0 Å². The quantitative estimate of drug-likeness (QED) is 0.287. The molecule has 1 amide bonds. The van der Waals surface area contributed by atoms with Crippen molar-refractivity contribution >= 4 is 22.9 Å². The minimum absolute atomic E-state index is 0.201. The average Bonchev–Trinajstić information content (AvgIpc) is 3.18. The van der Waals surface area contributed by atoms with E-state index < -0.39 is 22.4 Å². The molecule has 228 valence electrons. The normalized spacial score (nSPS) is 16.0. The number of carboxylic acids is 1. The van der Waals surface area contributed by atoms with Crippen LogP contribution in [0.5, 0.6) is 0 Å². The molecule has 0 bridgehead atoms. The van der Waals surface area contributed by atoms with Crippen LogP contribution in [0.3, 0.4) is 0 Å². The highest BCUT2D eigenvalue weighted by Crippen LogP contribution is 2.37. The summed E-state index contributed by atoms with van der Waals surface area (Å²) in [4.78, 5) is 25.7. The molecule has 0 saturated heterocycles. The molecule has 1 atom stereocenters. The number of hydrogen-bond acceptors (Lipinski definition) is 3. The van der Waals surface area contributed by atoms with Crippen molar-refractivity contribution in [3.05, 3.63) is 41.2 Å². The zero-order valence-electron chi connectivity index (χ0n) is 26.6. The number of carbonyl (C=O) groups is 2. The van der Waals surface area contributed by atoms with Crippen molar-refractivity contribution < 1.29 is 18.9 Å². The average molecular weight is 586 g/mol. The van der Waals surface area contributed by atoms with E-state index in [4.69, 9.17) is 0 Å². The van der Waals surface area contributed by atoms with Gasteiger partial charge in [-0.25, -0.2) is 8.93 Å². The smallest absolute Gasteiger partial charge is 0.309 e. The summed E-state index contributed by atoms with van der Waals surface area (Å²) in [5.74, 6) is -0.499. The molecule has 1 aliphatic rings. The van der Waals surface area contributed by atoms with Crippen LogP contribution in [0.4, 0.5) is 0 Å². The van der Waals surface area contributed by atoms with Crippen LogP contribution >= 0.6 is 0 Å². The van der Waals surface area contributed by atoms with Gasteiger partial charge in [0.15, 0.2) is 0 Å². The summed E-state index contributed by atoms with van der Waals surface area (Å²) < 4.78 is 18.6. The third-order valence-electron chi connectivity index (χ3n) is 8.11. The van der Waals surface area contributed by atoms with E-state index in [1.54, 1.807) is 13.8 Å². The highest BCUT2D eigenvalue weighted by atomic mass is 32.2. The lowest BCUT2D eigenvalue weighted by molar-refractivity contribution is -0.147. The topological polar surface area (TPSA) is 100 Å². The van der Waals surface area contributed by atoms with Crippen molar-refractivity contribution in [1.82, 2.24) is 14.6 Å². The number of hydrogen-bond donors (Lipinski definition) is 3. The summed E-state index contributed by atoms with van der Waals surface area (Å²) in [7, 11) is 0.589. The number of nitrogens with one attached hydrogen (secondary N) is 2. The van der Waals surface area contributed by atoms with Crippen molar-refractivity contribution in [3.63, 3.8) is 0 Å². The van der Waals surface area contributed by atoms with Gasteiger partial charge >= 0.3 is 5.97 Å². The van der Waals surface area contributed by atoms with E-state index in [1.165, 1.54) is 32.1 Å². The first-order chi connectivity index (χ1) is 18.9. The van der Waals surface area contributed by atoms with Crippen molar-refractivity contribution in [2.45, 2.75) is 116 Å². The molecule has 3 N–H and O–H groups in total. The van der Waals surface area contributed by atoms with Gasteiger partial charge in [0.25, 0.3) is 5.91 Å². The molecule has 1 aliphatic carbocycles. The Kier molecular flexibility index (Phi) is 10.3.